The van der Waals surface area contributed by atoms with E-state index in [0.717, 1.165) is 6.07 Å². The summed E-state index contributed by atoms with van der Waals surface area (Å²) in [6, 6.07) is 2.19. The molecule has 0 unspecified atom stereocenters. The largest absolute Gasteiger partial charge is 0.418 e. The van der Waals surface area contributed by atoms with Crippen molar-refractivity contribution in [3.63, 3.8) is 0 Å². The Morgan fingerprint density at radius 3 is 2.33 bits per heavy atom. The van der Waals surface area contributed by atoms with Gasteiger partial charge in [0.25, 0.3) is 0 Å². The number of imidazole rings is 1. The second-order valence-corrected chi connectivity index (χ2v) is 8.16. The molecule has 24 heavy (non-hydrogen) atoms. The molecular weight excluding hydrogens is 389 g/mol. The fraction of sp³-hybridized carbons (Fsp3) is 0.562. The summed E-state index contributed by atoms with van der Waals surface area (Å²) in [7, 11) is 0. The van der Waals surface area contributed by atoms with Crippen molar-refractivity contribution in [2.45, 2.75) is 57.0 Å². The second-order valence-electron chi connectivity index (χ2n) is 7.24. The van der Waals surface area contributed by atoms with Gasteiger partial charge in [-0.2, -0.15) is 13.2 Å². The predicted octanol–water partition coefficient (Wildman–Crippen LogP) is 4.13. The summed E-state index contributed by atoms with van der Waals surface area (Å²) in [5.41, 5.74) is -3.01. The van der Waals surface area contributed by atoms with Crippen molar-refractivity contribution in [2.24, 2.45) is 0 Å². The van der Waals surface area contributed by atoms with Crippen molar-refractivity contribution >= 4 is 27.0 Å². The SMILES string of the molecule is CC1(O)CC(n2c(C(C)(C)O)nc3cc(Br)cc(C(F)(F)F)c32)C1. The molecule has 0 amide bonds. The quantitative estimate of drug-likeness (QED) is 0.787. The third-order valence-electron chi connectivity index (χ3n) is 4.32. The predicted molar refractivity (Wildman–Crippen MR) is 86.6 cm³/mol. The summed E-state index contributed by atoms with van der Waals surface area (Å²) in [5, 5.41) is 20.4. The number of halogens is 4. The minimum Gasteiger partial charge on any atom is -0.390 e. The maximum Gasteiger partial charge on any atom is 0.418 e. The lowest BCUT2D eigenvalue weighted by Crippen LogP contribution is -2.43. The molecule has 0 saturated heterocycles. The molecule has 1 aromatic heterocycles. The molecule has 2 aromatic rings. The van der Waals surface area contributed by atoms with E-state index in [1.54, 1.807) is 6.92 Å². The number of fused-ring (bicyclic) bond motifs is 1. The lowest BCUT2D eigenvalue weighted by molar-refractivity contribution is -0.136. The number of alkyl halides is 3. The molecule has 1 saturated carbocycles. The van der Waals surface area contributed by atoms with Crippen molar-refractivity contribution in [2.75, 3.05) is 0 Å². The van der Waals surface area contributed by atoms with Crippen LogP contribution >= 0.6 is 15.9 Å². The maximum absolute atomic E-state index is 13.5. The minimum atomic E-state index is -4.55. The van der Waals surface area contributed by atoms with Gasteiger partial charge in [-0.15, -0.1) is 0 Å². The fourth-order valence-electron chi connectivity index (χ4n) is 3.34. The summed E-state index contributed by atoms with van der Waals surface area (Å²) in [6.07, 6.45) is -3.92. The van der Waals surface area contributed by atoms with Gasteiger partial charge in [-0.3, -0.25) is 0 Å². The molecule has 8 heteroatoms. The van der Waals surface area contributed by atoms with E-state index in [1.165, 1.54) is 24.5 Å². The zero-order valence-corrected chi connectivity index (χ0v) is 15.0. The molecule has 132 valence electrons. The van der Waals surface area contributed by atoms with Crippen LogP contribution < -0.4 is 0 Å². The van der Waals surface area contributed by atoms with Crippen LogP contribution in [0, 0.1) is 0 Å². The Kier molecular flexibility index (Phi) is 3.83. The van der Waals surface area contributed by atoms with Gasteiger partial charge in [-0.1, -0.05) is 15.9 Å². The van der Waals surface area contributed by atoms with Crippen LogP contribution in [0.2, 0.25) is 0 Å². The van der Waals surface area contributed by atoms with Crippen molar-refractivity contribution in [3.8, 4) is 0 Å². The van der Waals surface area contributed by atoms with Crippen molar-refractivity contribution in [1.29, 1.82) is 0 Å². The van der Waals surface area contributed by atoms with Gasteiger partial charge in [0.15, 0.2) is 0 Å². The average molecular weight is 407 g/mol. The van der Waals surface area contributed by atoms with E-state index in [0.29, 0.717) is 12.8 Å². The van der Waals surface area contributed by atoms with E-state index >= 15 is 0 Å². The van der Waals surface area contributed by atoms with Gasteiger partial charge >= 0.3 is 6.18 Å². The second kappa shape index (κ2) is 5.19. The highest BCUT2D eigenvalue weighted by atomic mass is 79.9. The first kappa shape index (κ1) is 17.7. The zero-order chi connectivity index (χ0) is 18.1. The Morgan fingerprint density at radius 2 is 1.88 bits per heavy atom. The Bertz CT molecular complexity index is 798. The van der Waals surface area contributed by atoms with Crippen LogP contribution in [0.25, 0.3) is 11.0 Å². The molecule has 1 fully saturated rings. The summed E-state index contributed by atoms with van der Waals surface area (Å²) < 4.78 is 42.4. The summed E-state index contributed by atoms with van der Waals surface area (Å²) >= 11 is 3.09. The van der Waals surface area contributed by atoms with E-state index in [2.05, 4.69) is 20.9 Å². The van der Waals surface area contributed by atoms with Crippen LogP contribution in [0.1, 0.15) is 51.0 Å². The summed E-state index contributed by atoms with van der Waals surface area (Å²) in [5.74, 6) is 0.168. The van der Waals surface area contributed by atoms with E-state index in [-0.39, 0.29) is 27.4 Å². The zero-order valence-electron chi connectivity index (χ0n) is 13.4. The van der Waals surface area contributed by atoms with Crippen LogP contribution in [0.15, 0.2) is 16.6 Å². The van der Waals surface area contributed by atoms with Crippen molar-refractivity contribution in [3.05, 3.63) is 28.0 Å². The van der Waals surface area contributed by atoms with Crippen LogP contribution in [0.5, 0.6) is 0 Å². The van der Waals surface area contributed by atoms with Gasteiger partial charge in [0.2, 0.25) is 0 Å². The average Bonchev–Trinajstić information content (AvgIpc) is 2.72. The molecular formula is C16H18BrF3N2O2. The summed E-state index contributed by atoms with van der Waals surface area (Å²) in [6.45, 7) is 4.63. The number of hydrogen-bond acceptors (Lipinski definition) is 3. The van der Waals surface area contributed by atoms with Gasteiger partial charge < -0.3 is 14.8 Å². The van der Waals surface area contributed by atoms with E-state index in [9.17, 15) is 23.4 Å². The molecule has 4 nitrogen and oxygen atoms in total. The number of hydrogen-bond donors (Lipinski definition) is 2. The van der Waals surface area contributed by atoms with E-state index in [4.69, 9.17) is 0 Å². The lowest BCUT2D eigenvalue weighted by Gasteiger charge is -2.43. The molecule has 0 bridgehead atoms. The molecule has 1 aliphatic rings. The molecule has 3 rings (SSSR count). The normalized spacial score (nSPS) is 25.1. The molecule has 0 spiro atoms. The van der Waals surface area contributed by atoms with Gasteiger partial charge in [-0.05, 0) is 45.7 Å². The molecule has 1 aromatic carbocycles. The van der Waals surface area contributed by atoms with Crippen LogP contribution in [-0.2, 0) is 11.8 Å². The van der Waals surface area contributed by atoms with Crippen molar-refractivity contribution in [1.82, 2.24) is 9.55 Å². The van der Waals surface area contributed by atoms with Crippen LogP contribution in [-0.4, -0.2) is 25.4 Å². The molecule has 0 radical (unpaired) electrons. The van der Waals surface area contributed by atoms with Gasteiger partial charge in [-0.25, -0.2) is 4.98 Å². The highest BCUT2D eigenvalue weighted by molar-refractivity contribution is 9.10. The molecule has 0 atom stereocenters. The number of aromatic nitrogens is 2. The Morgan fingerprint density at radius 1 is 1.29 bits per heavy atom. The van der Waals surface area contributed by atoms with Gasteiger partial charge in [0.05, 0.1) is 22.2 Å². The molecule has 1 heterocycles. The number of aliphatic hydroxyl groups is 2. The van der Waals surface area contributed by atoms with Gasteiger partial charge in [0.1, 0.15) is 11.4 Å². The third-order valence-corrected chi connectivity index (χ3v) is 4.78. The monoisotopic (exact) mass is 406 g/mol. The molecule has 2 N–H and O–H groups in total. The Balaban J connectivity index is 2.33. The van der Waals surface area contributed by atoms with Crippen molar-refractivity contribution < 1.29 is 23.4 Å². The fourth-order valence-corrected chi connectivity index (χ4v) is 3.78. The first-order chi connectivity index (χ1) is 10.8. The molecule has 1 aliphatic carbocycles. The Hall–Kier alpha value is -1.12. The third kappa shape index (κ3) is 2.95. The standard InChI is InChI=1S/C16H18BrF3N2O2/c1-14(2,23)13-21-11-5-8(17)4-10(16(18,19)20)12(11)22(13)9-6-15(3,24)7-9/h4-5,9,23-24H,6-7H2,1-3H3. The van der Waals surface area contributed by atoms with Crippen LogP contribution in [0.4, 0.5) is 13.2 Å². The Labute approximate surface area is 145 Å². The highest BCUT2D eigenvalue weighted by Gasteiger charge is 2.44. The number of rotatable bonds is 2. The first-order valence-electron chi connectivity index (χ1n) is 7.53. The lowest BCUT2D eigenvalue weighted by atomic mass is 9.76. The first-order valence-corrected chi connectivity index (χ1v) is 8.33. The smallest absolute Gasteiger partial charge is 0.390 e. The molecule has 0 aliphatic heterocycles. The minimum absolute atomic E-state index is 0.0525. The maximum atomic E-state index is 13.5. The number of benzene rings is 1. The highest BCUT2D eigenvalue weighted by Crippen LogP contribution is 2.47. The van der Waals surface area contributed by atoms with Gasteiger partial charge in [0, 0.05) is 10.5 Å². The van der Waals surface area contributed by atoms with E-state index in [1.807, 2.05) is 0 Å². The summed E-state index contributed by atoms with van der Waals surface area (Å²) in [4.78, 5) is 4.27. The topological polar surface area (TPSA) is 58.3 Å². The number of nitrogens with zero attached hydrogens (tertiary/aromatic N) is 2. The van der Waals surface area contributed by atoms with Crippen LogP contribution in [0.3, 0.4) is 0 Å². The van der Waals surface area contributed by atoms with E-state index < -0.39 is 22.9 Å².